The molecule has 0 aliphatic heterocycles. The zero-order valence-corrected chi connectivity index (χ0v) is 12.1. The number of hydrogen-bond donors (Lipinski definition) is 0. The first-order chi connectivity index (χ1) is 8.78. The molecule has 1 aromatic carbocycles. The van der Waals surface area contributed by atoms with Crippen molar-refractivity contribution in [1.29, 1.82) is 0 Å². The van der Waals surface area contributed by atoms with Crippen LogP contribution in [0.15, 0.2) is 12.1 Å². The fraction of sp³-hybridized carbons (Fsp3) is 0.625. The van der Waals surface area contributed by atoms with Crippen LogP contribution in [0.3, 0.4) is 0 Å². The molecular weight excluding hydrogens is 246 g/mol. The molecule has 106 valence electrons. The van der Waals surface area contributed by atoms with Gasteiger partial charge in [-0.15, -0.1) is 0 Å². The highest BCUT2D eigenvalue weighted by molar-refractivity contribution is 5.36. The van der Waals surface area contributed by atoms with Crippen molar-refractivity contribution < 1.29 is 13.5 Å². The maximum atomic E-state index is 14.0. The van der Waals surface area contributed by atoms with Gasteiger partial charge in [-0.1, -0.05) is 26.8 Å². The molecule has 3 heteroatoms. The van der Waals surface area contributed by atoms with E-state index in [4.69, 9.17) is 4.74 Å². The molecule has 0 bridgehead atoms. The molecule has 1 atom stereocenters. The van der Waals surface area contributed by atoms with Crippen molar-refractivity contribution in [2.24, 2.45) is 11.3 Å². The summed E-state index contributed by atoms with van der Waals surface area (Å²) in [6.07, 6.45) is 2.85. The summed E-state index contributed by atoms with van der Waals surface area (Å²) in [7, 11) is 0. The molecule has 1 aromatic rings. The Morgan fingerprint density at radius 2 is 1.89 bits per heavy atom. The second-order valence-corrected chi connectivity index (χ2v) is 6.75. The van der Waals surface area contributed by atoms with Gasteiger partial charge in [-0.05, 0) is 49.1 Å². The smallest absolute Gasteiger partial charge is 0.200 e. The van der Waals surface area contributed by atoms with E-state index in [0.29, 0.717) is 12.3 Å². The molecule has 1 saturated carbocycles. The van der Waals surface area contributed by atoms with Crippen molar-refractivity contribution in [2.45, 2.75) is 53.1 Å². The lowest BCUT2D eigenvalue weighted by Gasteiger charge is -2.23. The van der Waals surface area contributed by atoms with E-state index >= 15 is 0 Å². The Labute approximate surface area is 114 Å². The molecule has 1 unspecified atom stereocenters. The van der Waals surface area contributed by atoms with E-state index in [0.717, 1.165) is 18.4 Å². The first-order valence-electron chi connectivity index (χ1n) is 6.91. The van der Waals surface area contributed by atoms with Crippen LogP contribution in [0.1, 0.15) is 46.1 Å². The zero-order chi connectivity index (χ0) is 14.2. The van der Waals surface area contributed by atoms with Gasteiger partial charge in [0.2, 0.25) is 5.82 Å². The molecule has 0 heterocycles. The van der Waals surface area contributed by atoms with Gasteiger partial charge < -0.3 is 4.74 Å². The van der Waals surface area contributed by atoms with E-state index in [9.17, 15) is 8.78 Å². The Kier molecular flexibility index (Phi) is 3.84. The molecule has 0 radical (unpaired) electrons. The van der Waals surface area contributed by atoms with Gasteiger partial charge in [-0.2, -0.15) is 4.39 Å². The van der Waals surface area contributed by atoms with Crippen LogP contribution in [0, 0.1) is 23.0 Å². The summed E-state index contributed by atoms with van der Waals surface area (Å²) in [5.74, 6) is -1.09. The highest BCUT2D eigenvalue weighted by Gasteiger charge is 2.31. The molecule has 0 saturated heterocycles. The summed E-state index contributed by atoms with van der Waals surface area (Å²) in [5, 5.41) is 0. The second kappa shape index (κ2) is 5.10. The number of rotatable bonds is 4. The summed E-state index contributed by atoms with van der Waals surface area (Å²) < 4.78 is 33.1. The topological polar surface area (TPSA) is 9.23 Å². The van der Waals surface area contributed by atoms with Crippen molar-refractivity contribution in [1.82, 2.24) is 0 Å². The van der Waals surface area contributed by atoms with Crippen molar-refractivity contribution in [3.63, 3.8) is 0 Å². The van der Waals surface area contributed by atoms with Crippen molar-refractivity contribution >= 4 is 0 Å². The summed E-state index contributed by atoms with van der Waals surface area (Å²) in [6, 6.07) is 2.82. The van der Waals surface area contributed by atoms with E-state index in [1.807, 2.05) is 6.92 Å². The van der Waals surface area contributed by atoms with E-state index in [1.165, 1.54) is 6.07 Å². The van der Waals surface area contributed by atoms with Gasteiger partial charge in [-0.25, -0.2) is 4.39 Å². The van der Waals surface area contributed by atoms with Crippen molar-refractivity contribution in [3.05, 3.63) is 29.3 Å². The monoisotopic (exact) mass is 268 g/mol. The van der Waals surface area contributed by atoms with Gasteiger partial charge in [0.25, 0.3) is 0 Å². The van der Waals surface area contributed by atoms with Crippen LogP contribution in [0.4, 0.5) is 8.78 Å². The van der Waals surface area contributed by atoms with Crippen LogP contribution in [-0.2, 0) is 6.42 Å². The minimum absolute atomic E-state index is 0.00516. The lowest BCUT2D eigenvalue weighted by molar-refractivity contribution is 0.183. The minimum Gasteiger partial charge on any atom is -0.487 e. The summed E-state index contributed by atoms with van der Waals surface area (Å²) in [4.78, 5) is 0. The Hall–Kier alpha value is -1.12. The van der Waals surface area contributed by atoms with Gasteiger partial charge in [0.1, 0.15) is 0 Å². The van der Waals surface area contributed by atoms with Crippen LogP contribution < -0.4 is 4.74 Å². The molecule has 1 fully saturated rings. The molecule has 0 spiro atoms. The average molecular weight is 268 g/mol. The normalized spacial score (nSPS) is 17.4. The highest BCUT2D eigenvalue weighted by atomic mass is 19.2. The Morgan fingerprint density at radius 3 is 2.42 bits per heavy atom. The maximum Gasteiger partial charge on any atom is 0.200 e. The molecule has 2 rings (SSSR count). The molecule has 0 amide bonds. The third kappa shape index (κ3) is 3.68. The van der Waals surface area contributed by atoms with E-state index in [1.54, 1.807) is 6.07 Å². The average Bonchev–Trinajstić information content (AvgIpc) is 3.10. The van der Waals surface area contributed by atoms with Crippen LogP contribution in [0.5, 0.6) is 5.75 Å². The summed E-state index contributed by atoms with van der Waals surface area (Å²) in [5.41, 5.74) is 0.754. The highest BCUT2D eigenvalue weighted by Crippen LogP contribution is 2.37. The Balaban J connectivity index is 2.28. The molecule has 0 aromatic heterocycles. The van der Waals surface area contributed by atoms with Crippen LogP contribution in [0.2, 0.25) is 0 Å². The lowest BCUT2D eigenvalue weighted by Crippen LogP contribution is -2.18. The zero-order valence-electron chi connectivity index (χ0n) is 12.1. The predicted octanol–water partition coefficient (Wildman–Crippen LogP) is 4.73. The number of ether oxygens (including phenoxy) is 1. The minimum atomic E-state index is -0.853. The van der Waals surface area contributed by atoms with Crippen LogP contribution >= 0.6 is 0 Å². The van der Waals surface area contributed by atoms with Gasteiger partial charge in [0.05, 0.1) is 6.10 Å². The molecule has 1 nitrogen and oxygen atoms in total. The second-order valence-electron chi connectivity index (χ2n) is 6.75. The van der Waals surface area contributed by atoms with Gasteiger partial charge in [0.15, 0.2) is 11.6 Å². The lowest BCUT2D eigenvalue weighted by atomic mass is 9.87. The fourth-order valence-electron chi connectivity index (χ4n) is 2.26. The molecule has 1 aliphatic carbocycles. The van der Waals surface area contributed by atoms with Gasteiger partial charge in [-0.3, -0.25) is 0 Å². The molecule has 19 heavy (non-hydrogen) atoms. The largest absolute Gasteiger partial charge is 0.487 e. The van der Waals surface area contributed by atoms with Gasteiger partial charge >= 0.3 is 0 Å². The quantitative estimate of drug-likeness (QED) is 0.767. The summed E-state index contributed by atoms with van der Waals surface area (Å²) >= 11 is 0. The summed E-state index contributed by atoms with van der Waals surface area (Å²) in [6.45, 7) is 8.15. The first-order valence-corrected chi connectivity index (χ1v) is 6.91. The van der Waals surface area contributed by atoms with Crippen LogP contribution in [0.25, 0.3) is 0 Å². The Bertz CT molecular complexity index is 459. The molecule has 1 aliphatic rings. The van der Waals surface area contributed by atoms with Crippen molar-refractivity contribution in [3.8, 4) is 5.75 Å². The molecule has 0 N–H and O–H groups in total. The van der Waals surface area contributed by atoms with Crippen molar-refractivity contribution in [2.75, 3.05) is 0 Å². The number of halogens is 2. The SMILES string of the molecule is CC(Oc1c(CC(C)(C)C)ccc(F)c1F)C1CC1. The third-order valence-electron chi connectivity index (χ3n) is 3.44. The molecular formula is C16H22F2O. The predicted molar refractivity (Wildman–Crippen MR) is 72.3 cm³/mol. The first kappa shape index (κ1) is 14.3. The number of benzene rings is 1. The van der Waals surface area contributed by atoms with Gasteiger partial charge in [0, 0.05) is 0 Å². The van der Waals surface area contributed by atoms with E-state index in [-0.39, 0.29) is 17.3 Å². The standard InChI is InChI=1S/C16H22F2O/c1-10(11-5-6-11)19-15-12(9-16(2,3)4)7-8-13(17)14(15)18/h7-8,10-11H,5-6,9H2,1-4H3. The maximum absolute atomic E-state index is 14.0. The van der Waals surface area contributed by atoms with Crippen LogP contribution in [-0.4, -0.2) is 6.10 Å². The Morgan fingerprint density at radius 1 is 1.26 bits per heavy atom. The number of hydrogen-bond acceptors (Lipinski definition) is 1. The van der Waals surface area contributed by atoms with E-state index < -0.39 is 11.6 Å². The third-order valence-corrected chi connectivity index (χ3v) is 3.44. The fourth-order valence-corrected chi connectivity index (χ4v) is 2.26. The van der Waals surface area contributed by atoms with E-state index in [2.05, 4.69) is 20.8 Å².